The number of nitrogens with two attached hydrogens (primary N) is 1. The lowest BCUT2D eigenvalue weighted by Gasteiger charge is -2.13. The third-order valence-electron chi connectivity index (χ3n) is 5.18. The number of hydrogen-bond acceptors (Lipinski definition) is 4. The van der Waals surface area contributed by atoms with Crippen LogP contribution in [-0.4, -0.2) is 46.0 Å². The first-order chi connectivity index (χ1) is 13.8. The number of primary amides is 1. The van der Waals surface area contributed by atoms with Crippen molar-refractivity contribution >= 4 is 28.4 Å². The van der Waals surface area contributed by atoms with Crippen molar-refractivity contribution in [3.63, 3.8) is 0 Å². The van der Waals surface area contributed by atoms with E-state index in [1.165, 1.54) is 4.90 Å². The number of carbonyl (C=O) groups excluding carboxylic acids is 2. The van der Waals surface area contributed by atoms with Gasteiger partial charge in [-0.1, -0.05) is 41.7 Å². The van der Waals surface area contributed by atoms with Crippen LogP contribution in [0.5, 0.6) is 0 Å². The van der Waals surface area contributed by atoms with Crippen LogP contribution in [0.4, 0.5) is 0 Å². The number of likely N-dealkylation sites (tertiary alicyclic amines) is 1. The van der Waals surface area contributed by atoms with E-state index in [2.05, 4.69) is 16.8 Å². The topological polar surface area (TPSA) is 96.5 Å². The van der Waals surface area contributed by atoms with Gasteiger partial charge >= 0.3 is 0 Å². The number of amides is 2. The number of allylic oxidation sites excluding steroid dienone is 1. The smallest absolute Gasteiger partial charge is 0.267 e. The van der Waals surface area contributed by atoms with Crippen molar-refractivity contribution in [1.29, 1.82) is 0 Å². The van der Waals surface area contributed by atoms with E-state index in [0.717, 1.165) is 16.7 Å². The summed E-state index contributed by atoms with van der Waals surface area (Å²) in [4.78, 5) is 29.8. The van der Waals surface area contributed by atoms with Crippen LogP contribution in [0, 0.1) is 11.8 Å². The van der Waals surface area contributed by atoms with Crippen LogP contribution in [0.15, 0.2) is 36.4 Å². The third kappa shape index (κ3) is 3.39. The maximum absolute atomic E-state index is 12.1. The molecule has 0 spiro atoms. The molecule has 1 aliphatic carbocycles. The van der Waals surface area contributed by atoms with Crippen LogP contribution in [0.3, 0.4) is 0 Å². The monoisotopic (exact) mass is 407 g/mol. The van der Waals surface area contributed by atoms with Crippen molar-refractivity contribution in [2.75, 3.05) is 13.6 Å². The van der Waals surface area contributed by atoms with Crippen molar-refractivity contribution in [2.45, 2.75) is 18.4 Å². The van der Waals surface area contributed by atoms with Gasteiger partial charge in [-0.2, -0.15) is 0 Å². The summed E-state index contributed by atoms with van der Waals surface area (Å²) >= 11 is 6.27. The number of likely N-dealkylation sites (N-methyl/N-ethyl adjacent to an activating group) is 1. The third-order valence-corrected chi connectivity index (χ3v) is 5.54. The number of carbonyl (C=O) groups is 2. The van der Waals surface area contributed by atoms with E-state index in [4.69, 9.17) is 17.3 Å². The van der Waals surface area contributed by atoms with E-state index in [1.807, 2.05) is 18.2 Å². The number of hydrogen-bond donors (Lipinski definition) is 2. The Kier molecular flexibility index (Phi) is 4.65. The Labute approximate surface area is 173 Å². The summed E-state index contributed by atoms with van der Waals surface area (Å²) in [6, 6.07) is 9.01. The lowest BCUT2D eigenvalue weighted by molar-refractivity contribution is -0.137. The van der Waals surface area contributed by atoms with Crippen molar-refractivity contribution in [1.82, 2.24) is 9.88 Å². The molecular formula is C22H18ClN3O3. The number of nitrogens with zero attached hydrogens (tertiary/aromatic N) is 2. The van der Waals surface area contributed by atoms with Gasteiger partial charge in [0.05, 0.1) is 5.69 Å². The fourth-order valence-corrected chi connectivity index (χ4v) is 3.79. The quantitative estimate of drug-likeness (QED) is 0.743. The molecule has 1 atom stereocenters. The second kappa shape index (κ2) is 7.03. The molecule has 1 aliphatic heterocycles. The highest BCUT2D eigenvalue weighted by atomic mass is 35.5. The standard InChI is InChI=1S/C22H18ClN3O3/c1-26-10-9-22(29,21(26)28)8-7-13-3-2-4-14(11-13)18-12-16-15(5-6-17(16)23)19(25-18)20(24)27/h2-4,6,11-12,29H,5,9-10H2,1H3,(H2,24,27)/t22-/m0/s1. The van der Waals surface area contributed by atoms with Crippen molar-refractivity contribution in [2.24, 2.45) is 5.73 Å². The molecule has 1 aromatic heterocycles. The Hall–Kier alpha value is -3.14. The van der Waals surface area contributed by atoms with Gasteiger partial charge in [0.1, 0.15) is 5.69 Å². The predicted octanol–water partition coefficient (Wildman–Crippen LogP) is 1.93. The SMILES string of the molecule is CN1CC[C@@](O)(C#Cc2cccc(-c3cc4c(c(C(N)=O)n3)CC=C4Cl)c2)C1=O. The highest BCUT2D eigenvalue weighted by Crippen LogP contribution is 2.34. The van der Waals surface area contributed by atoms with E-state index < -0.39 is 17.4 Å². The highest BCUT2D eigenvalue weighted by molar-refractivity contribution is 6.49. The zero-order valence-corrected chi connectivity index (χ0v) is 16.5. The van der Waals surface area contributed by atoms with Gasteiger partial charge in [-0.05, 0) is 30.2 Å². The van der Waals surface area contributed by atoms with Crippen LogP contribution in [0.2, 0.25) is 0 Å². The summed E-state index contributed by atoms with van der Waals surface area (Å²) < 4.78 is 0. The van der Waals surface area contributed by atoms with Crippen molar-refractivity contribution in [3.8, 4) is 23.1 Å². The summed E-state index contributed by atoms with van der Waals surface area (Å²) in [6.45, 7) is 0.466. The molecule has 3 N–H and O–H groups in total. The zero-order chi connectivity index (χ0) is 20.8. The number of pyridine rings is 1. The van der Waals surface area contributed by atoms with Crippen LogP contribution >= 0.6 is 11.6 Å². The molecule has 4 rings (SSSR count). The molecular weight excluding hydrogens is 390 g/mol. The normalized spacial score (nSPS) is 20.2. The molecule has 0 bridgehead atoms. The number of aliphatic hydroxyl groups is 1. The predicted molar refractivity (Wildman–Crippen MR) is 110 cm³/mol. The first-order valence-electron chi connectivity index (χ1n) is 9.10. The molecule has 1 fully saturated rings. The number of fused-ring (bicyclic) bond motifs is 1. The minimum Gasteiger partial charge on any atom is -0.369 e. The van der Waals surface area contributed by atoms with Crippen LogP contribution in [0.25, 0.3) is 16.3 Å². The largest absolute Gasteiger partial charge is 0.369 e. The number of rotatable bonds is 2. The van der Waals surface area contributed by atoms with Crippen molar-refractivity contribution < 1.29 is 14.7 Å². The average molecular weight is 408 g/mol. The number of halogens is 1. The Morgan fingerprint density at radius 2 is 2.17 bits per heavy atom. The zero-order valence-electron chi connectivity index (χ0n) is 15.7. The first-order valence-corrected chi connectivity index (χ1v) is 9.47. The molecule has 1 saturated heterocycles. The Morgan fingerprint density at radius 1 is 1.38 bits per heavy atom. The number of benzene rings is 1. The lowest BCUT2D eigenvalue weighted by Crippen LogP contribution is -2.37. The van der Waals surface area contributed by atoms with Gasteiger partial charge in [0, 0.05) is 41.7 Å². The van der Waals surface area contributed by atoms with E-state index >= 15 is 0 Å². The molecule has 146 valence electrons. The summed E-state index contributed by atoms with van der Waals surface area (Å²) in [5.74, 6) is 4.58. The summed E-state index contributed by atoms with van der Waals surface area (Å²) in [7, 11) is 1.64. The van der Waals surface area contributed by atoms with Gasteiger partial charge in [0.25, 0.3) is 11.8 Å². The van der Waals surface area contributed by atoms with Crippen LogP contribution < -0.4 is 5.73 Å². The fourth-order valence-electron chi connectivity index (χ4n) is 3.55. The fraction of sp³-hybridized carbons (Fsp3) is 0.227. The van der Waals surface area contributed by atoms with Crippen LogP contribution in [0.1, 0.15) is 33.6 Å². The molecule has 2 aromatic rings. The van der Waals surface area contributed by atoms with E-state index in [0.29, 0.717) is 29.3 Å². The lowest BCUT2D eigenvalue weighted by atomic mass is 10.0. The molecule has 0 radical (unpaired) electrons. The van der Waals surface area contributed by atoms with Crippen LogP contribution in [-0.2, 0) is 11.2 Å². The van der Waals surface area contributed by atoms with Crippen molar-refractivity contribution in [3.05, 3.63) is 58.8 Å². The molecule has 2 heterocycles. The highest BCUT2D eigenvalue weighted by Gasteiger charge is 2.42. The molecule has 0 saturated carbocycles. The Morgan fingerprint density at radius 3 is 2.86 bits per heavy atom. The molecule has 2 amide bonds. The second-order valence-electron chi connectivity index (χ2n) is 7.17. The summed E-state index contributed by atoms with van der Waals surface area (Å²) in [6.07, 6.45) is 2.61. The van der Waals surface area contributed by atoms with E-state index in [9.17, 15) is 14.7 Å². The van der Waals surface area contributed by atoms with Gasteiger partial charge in [-0.3, -0.25) is 9.59 Å². The van der Waals surface area contributed by atoms with Gasteiger partial charge in [-0.25, -0.2) is 4.98 Å². The average Bonchev–Trinajstić information content (AvgIpc) is 3.21. The maximum Gasteiger partial charge on any atom is 0.267 e. The Bertz CT molecular complexity index is 1150. The first kappa shape index (κ1) is 19.2. The van der Waals surface area contributed by atoms with Gasteiger partial charge in [-0.15, -0.1) is 0 Å². The molecule has 0 unspecified atom stereocenters. The molecule has 6 nitrogen and oxygen atoms in total. The van der Waals surface area contributed by atoms with E-state index in [-0.39, 0.29) is 12.1 Å². The molecule has 29 heavy (non-hydrogen) atoms. The molecule has 7 heteroatoms. The summed E-state index contributed by atoms with van der Waals surface area (Å²) in [5, 5.41) is 11.0. The van der Waals surface area contributed by atoms with Gasteiger partial charge < -0.3 is 15.7 Å². The van der Waals surface area contributed by atoms with E-state index in [1.54, 1.807) is 25.2 Å². The minimum absolute atomic E-state index is 0.204. The van der Waals surface area contributed by atoms with Gasteiger partial charge in [0.2, 0.25) is 5.60 Å². The second-order valence-corrected chi connectivity index (χ2v) is 7.58. The molecule has 1 aromatic carbocycles. The molecule has 2 aliphatic rings. The maximum atomic E-state index is 12.1. The number of aromatic nitrogens is 1. The Balaban J connectivity index is 1.73. The minimum atomic E-state index is -1.66. The van der Waals surface area contributed by atoms with Gasteiger partial charge in [0.15, 0.2) is 0 Å². The summed E-state index contributed by atoms with van der Waals surface area (Å²) in [5.41, 5.74) is 7.42.